The maximum atomic E-state index is 11.2. The summed E-state index contributed by atoms with van der Waals surface area (Å²) in [5.41, 5.74) is 7.37. The number of hydrogen-bond donors (Lipinski definition) is 1. The lowest BCUT2D eigenvalue weighted by atomic mass is 9.97. The Balaban J connectivity index is 1.54. The van der Waals surface area contributed by atoms with E-state index in [2.05, 4.69) is 19.9 Å². The molecular formula is C18H23N5O2. The van der Waals surface area contributed by atoms with Gasteiger partial charge in [-0.25, -0.2) is 4.98 Å². The largest absolute Gasteiger partial charge is 0.493 e. The molecule has 2 aromatic heterocycles. The number of carbonyl (C=O) groups excluding carboxylic acids is 1. The zero-order valence-electron chi connectivity index (χ0n) is 14.6. The Morgan fingerprint density at radius 3 is 2.80 bits per heavy atom. The van der Waals surface area contributed by atoms with Crippen molar-refractivity contribution in [1.82, 2.24) is 15.0 Å². The third-order valence-electron chi connectivity index (χ3n) is 4.43. The fourth-order valence-corrected chi connectivity index (χ4v) is 2.99. The van der Waals surface area contributed by atoms with Gasteiger partial charge in [-0.1, -0.05) is 0 Å². The van der Waals surface area contributed by atoms with Gasteiger partial charge in [0.25, 0.3) is 5.91 Å². The minimum atomic E-state index is -0.548. The minimum absolute atomic E-state index is 0.223. The average Bonchev–Trinajstić information content (AvgIpc) is 2.63. The van der Waals surface area contributed by atoms with Crippen LogP contribution in [0.15, 0.2) is 24.5 Å². The molecule has 1 saturated heterocycles. The van der Waals surface area contributed by atoms with Crippen LogP contribution < -0.4 is 15.4 Å². The van der Waals surface area contributed by atoms with Crippen molar-refractivity contribution in [2.45, 2.75) is 26.7 Å². The minimum Gasteiger partial charge on any atom is -0.493 e. The van der Waals surface area contributed by atoms with Crippen LogP contribution in [0.1, 0.15) is 34.7 Å². The van der Waals surface area contributed by atoms with Crippen molar-refractivity contribution in [3.8, 4) is 5.75 Å². The van der Waals surface area contributed by atoms with E-state index in [0.717, 1.165) is 43.1 Å². The SMILES string of the molecule is Cc1cnc(C)c(N2CCC(COc3ccnc(C(N)=O)c3)CC2)n1. The second-order valence-electron chi connectivity index (χ2n) is 6.40. The van der Waals surface area contributed by atoms with Crippen LogP contribution in [-0.4, -0.2) is 40.6 Å². The first-order valence-electron chi connectivity index (χ1n) is 8.47. The Hall–Kier alpha value is -2.70. The standard InChI is InChI=1S/C18H23N5O2/c1-12-10-21-13(2)18(22-12)23-7-4-14(5-8-23)11-25-15-3-6-20-16(9-15)17(19)24/h3,6,9-10,14H,4-5,7-8,11H2,1-2H3,(H2,19,24). The van der Waals surface area contributed by atoms with Gasteiger partial charge in [0, 0.05) is 31.5 Å². The number of carbonyl (C=O) groups is 1. The molecule has 2 N–H and O–H groups in total. The number of anilines is 1. The first-order chi connectivity index (χ1) is 12.0. The van der Waals surface area contributed by atoms with Crippen LogP contribution in [0.5, 0.6) is 5.75 Å². The lowest BCUT2D eigenvalue weighted by molar-refractivity contribution is 0.0995. The van der Waals surface area contributed by atoms with E-state index >= 15 is 0 Å². The van der Waals surface area contributed by atoms with Crippen molar-refractivity contribution in [3.63, 3.8) is 0 Å². The van der Waals surface area contributed by atoms with E-state index < -0.39 is 5.91 Å². The van der Waals surface area contributed by atoms with Gasteiger partial charge in [-0.15, -0.1) is 0 Å². The zero-order chi connectivity index (χ0) is 17.8. The van der Waals surface area contributed by atoms with E-state index in [1.807, 2.05) is 13.8 Å². The molecule has 0 bridgehead atoms. The van der Waals surface area contributed by atoms with Gasteiger partial charge < -0.3 is 15.4 Å². The zero-order valence-corrected chi connectivity index (χ0v) is 14.6. The Kier molecular flexibility index (Phi) is 5.11. The number of hydrogen-bond acceptors (Lipinski definition) is 6. The third kappa shape index (κ3) is 4.23. The summed E-state index contributed by atoms with van der Waals surface area (Å²) in [4.78, 5) is 26.4. The highest BCUT2D eigenvalue weighted by Gasteiger charge is 2.22. The smallest absolute Gasteiger partial charge is 0.267 e. The van der Waals surface area contributed by atoms with Crippen molar-refractivity contribution in [1.29, 1.82) is 0 Å². The summed E-state index contributed by atoms with van der Waals surface area (Å²) in [6.07, 6.45) is 5.40. The van der Waals surface area contributed by atoms with Gasteiger partial charge in [0.05, 0.1) is 18.0 Å². The predicted octanol–water partition coefficient (Wildman–Crippen LogP) is 1.88. The summed E-state index contributed by atoms with van der Waals surface area (Å²) < 4.78 is 5.83. The highest BCUT2D eigenvalue weighted by molar-refractivity contribution is 5.91. The van der Waals surface area contributed by atoms with Gasteiger partial charge in [0.15, 0.2) is 0 Å². The van der Waals surface area contributed by atoms with Crippen LogP contribution >= 0.6 is 0 Å². The average molecular weight is 341 g/mol. The van der Waals surface area contributed by atoms with Gasteiger partial charge in [-0.05, 0) is 38.7 Å². The summed E-state index contributed by atoms with van der Waals surface area (Å²) >= 11 is 0. The monoisotopic (exact) mass is 341 g/mol. The highest BCUT2D eigenvalue weighted by atomic mass is 16.5. The fourth-order valence-electron chi connectivity index (χ4n) is 2.99. The van der Waals surface area contributed by atoms with E-state index in [0.29, 0.717) is 18.3 Å². The molecule has 0 saturated carbocycles. The topological polar surface area (TPSA) is 94.2 Å². The molecule has 1 aliphatic rings. The Bertz CT molecular complexity index is 757. The maximum Gasteiger partial charge on any atom is 0.267 e. The quantitative estimate of drug-likeness (QED) is 0.892. The lowest BCUT2D eigenvalue weighted by Gasteiger charge is -2.33. The first-order valence-corrected chi connectivity index (χ1v) is 8.47. The molecule has 1 aliphatic heterocycles. The molecule has 2 aromatic rings. The molecule has 25 heavy (non-hydrogen) atoms. The predicted molar refractivity (Wildman–Crippen MR) is 94.7 cm³/mol. The van der Waals surface area contributed by atoms with E-state index in [1.54, 1.807) is 18.3 Å². The molecule has 0 atom stereocenters. The van der Waals surface area contributed by atoms with Gasteiger partial charge in [-0.2, -0.15) is 0 Å². The molecule has 3 rings (SSSR count). The molecule has 1 fully saturated rings. The van der Waals surface area contributed by atoms with Gasteiger partial charge in [-0.3, -0.25) is 14.8 Å². The van der Waals surface area contributed by atoms with Crippen molar-refractivity contribution in [2.24, 2.45) is 11.7 Å². The molecule has 0 spiro atoms. The second-order valence-corrected chi connectivity index (χ2v) is 6.40. The van der Waals surface area contributed by atoms with Crippen molar-refractivity contribution >= 4 is 11.7 Å². The summed E-state index contributed by atoms with van der Waals surface area (Å²) in [7, 11) is 0. The summed E-state index contributed by atoms with van der Waals surface area (Å²) in [6, 6.07) is 3.33. The van der Waals surface area contributed by atoms with Crippen molar-refractivity contribution < 1.29 is 9.53 Å². The maximum absolute atomic E-state index is 11.2. The van der Waals surface area contributed by atoms with Crippen molar-refractivity contribution in [2.75, 3.05) is 24.6 Å². The Morgan fingerprint density at radius 1 is 1.32 bits per heavy atom. The number of rotatable bonds is 5. The number of nitrogens with two attached hydrogens (primary N) is 1. The number of ether oxygens (including phenoxy) is 1. The summed E-state index contributed by atoms with van der Waals surface area (Å²) in [6.45, 7) is 6.46. The molecule has 132 valence electrons. The molecule has 3 heterocycles. The van der Waals surface area contributed by atoms with E-state index in [-0.39, 0.29) is 5.69 Å². The van der Waals surface area contributed by atoms with E-state index in [9.17, 15) is 4.79 Å². The molecular weight excluding hydrogens is 318 g/mol. The number of pyridine rings is 1. The second kappa shape index (κ2) is 7.46. The molecule has 7 heteroatoms. The molecule has 1 amide bonds. The van der Waals surface area contributed by atoms with Crippen LogP contribution in [0.4, 0.5) is 5.82 Å². The third-order valence-corrected chi connectivity index (χ3v) is 4.43. The molecule has 0 aliphatic carbocycles. The van der Waals surface area contributed by atoms with Crippen LogP contribution in [-0.2, 0) is 0 Å². The van der Waals surface area contributed by atoms with Gasteiger partial charge in [0.1, 0.15) is 17.3 Å². The normalized spacial score (nSPS) is 15.2. The Labute approximate surface area is 147 Å². The molecule has 0 aromatic carbocycles. The van der Waals surface area contributed by atoms with E-state index in [4.69, 9.17) is 10.5 Å². The number of aromatic nitrogens is 3. The molecule has 7 nitrogen and oxygen atoms in total. The number of amides is 1. The van der Waals surface area contributed by atoms with Gasteiger partial charge in [0.2, 0.25) is 0 Å². The van der Waals surface area contributed by atoms with Gasteiger partial charge >= 0.3 is 0 Å². The van der Waals surface area contributed by atoms with Crippen LogP contribution in [0, 0.1) is 19.8 Å². The number of aryl methyl sites for hydroxylation is 2. The Morgan fingerprint density at radius 2 is 2.08 bits per heavy atom. The fraction of sp³-hybridized carbons (Fsp3) is 0.444. The van der Waals surface area contributed by atoms with Crippen LogP contribution in [0.3, 0.4) is 0 Å². The number of piperidine rings is 1. The molecule has 0 radical (unpaired) electrons. The van der Waals surface area contributed by atoms with E-state index in [1.165, 1.54) is 6.20 Å². The first kappa shape index (κ1) is 17.1. The summed E-state index contributed by atoms with van der Waals surface area (Å²) in [5.74, 6) is 1.54. The summed E-state index contributed by atoms with van der Waals surface area (Å²) in [5, 5.41) is 0. The lowest BCUT2D eigenvalue weighted by Crippen LogP contribution is -2.36. The van der Waals surface area contributed by atoms with Crippen molar-refractivity contribution in [3.05, 3.63) is 41.6 Å². The number of nitrogens with zero attached hydrogens (tertiary/aromatic N) is 4. The van der Waals surface area contributed by atoms with Crippen LogP contribution in [0.25, 0.3) is 0 Å². The molecule has 0 unspecified atom stereocenters. The number of primary amides is 1. The van der Waals surface area contributed by atoms with Crippen LogP contribution in [0.2, 0.25) is 0 Å². The highest BCUT2D eigenvalue weighted by Crippen LogP contribution is 2.24.